The molecule has 0 aliphatic heterocycles. The van der Waals surface area contributed by atoms with E-state index < -0.39 is 17.3 Å². The molecule has 0 aromatic heterocycles. The number of hydrogen-bond donors (Lipinski definition) is 0. The number of carbonyl (C=O) groups excluding carboxylic acids is 1. The second kappa shape index (κ2) is 1.65. The summed E-state index contributed by atoms with van der Waals surface area (Å²) in [5.41, 5.74) is -0.970. The van der Waals surface area contributed by atoms with Crippen LogP contribution in [0.5, 0.6) is 0 Å². The van der Waals surface area contributed by atoms with Crippen molar-refractivity contribution in [3.05, 3.63) is 0 Å². The monoisotopic (exact) mass is 160 g/mol. The van der Waals surface area contributed by atoms with Gasteiger partial charge < -0.3 is 0 Å². The van der Waals surface area contributed by atoms with Gasteiger partial charge in [-0.25, -0.2) is 8.78 Å². The summed E-state index contributed by atoms with van der Waals surface area (Å²) in [5.74, 6) is -3.06. The van der Waals surface area contributed by atoms with E-state index in [1.54, 1.807) is 0 Å². The average Bonchev–Trinajstić information content (AvgIpc) is 2.26. The quantitative estimate of drug-likeness (QED) is 0.529. The molecule has 0 aromatic rings. The molecule has 0 N–H and O–H groups in total. The third-order valence-corrected chi connectivity index (χ3v) is 3.16. The number of alkyl halides is 2. The predicted octanol–water partition coefficient (Wildman–Crippen LogP) is 2.01. The highest BCUT2D eigenvalue weighted by atomic mass is 19.3. The van der Waals surface area contributed by atoms with Crippen LogP contribution in [-0.4, -0.2) is 11.7 Å². The Kier molecular flexibility index (Phi) is 1.08. The number of halogens is 2. The molecule has 11 heavy (non-hydrogen) atoms. The van der Waals surface area contributed by atoms with E-state index in [1.807, 2.05) is 0 Å². The molecule has 2 aliphatic carbocycles. The smallest absolute Gasteiger partial charge is 0.257 e. The van der Waals surface area contributed by atoms with Crippen molar-refractivity contribution in [1.82, 2.24) is 0 Å². The van der Waals surface area contributed by atoms with E-state index in [0.29, 0.717) is 12.8 Å². The SMILES string of the molecule is CC12CC(=O)CCC1C2(F)F. The first kappa shape index (κ1) is 7.19. The van der Waals surface area contributed by atoms with Gasteiger partial charge in [-0.3, -0.25) is 4.79 Å². The van der Waals surface area contributed by atoms with Gasteiger partial charge in [-0.05, 0) is 6.42 Å². The summed E-state index contributed by atoms with van der Waals surface area (Å²) in [7, 11) is 0. The molecule has 2 atom stereocenters. The minimum atomic E-state index is -2.56. The molecular formula is C8H10F2O. The maximum Gasteiger partial charge on any atom is 0.257 e. The van der Waals surface area contributed by atoms with Crippen LogP contribution in [0.25, 0.3) is 0 Å². The van der Waals surface area contributed by atoms with Gasteiger partial charge in [0.1, 0.15) is 5.78 Å². The van der Waals surface area contributed by atoms with E-state index in [4.69, 9.17) is 0 Å². The molecule has 2 saturated carbocycles. The van der Waals surface area contributed by atoms with Crippen LogP contribution >= 0.6 is 0 Å². The van der Waals surface area contributed by atoms with E-state index in [1.165, 1.54) is 6.92 Å². The van der Waals surface area contributed by atoms with Crippen LogP contribution in [0.1, 0.15) is 26.2 Å². The zero-order chi connectivity index (χ0) is 8.28. The Bertz CT molecular complexity index is 224. The zero-order valence-corrected chi connectivity index (χ0v) is 6.36. The second-order valence-electron chi connectivity index (χ2n) is 3.85. The number of hydrogen-bond acceptors (Lipinski definition) is 1. The second-order valence-corrected chi connectivity index (χ2v) is 3.85. The van der Waals surface area contributed by atoms with Gasteiger partial charge in [0.05, 0.1) is 0 Å². The molecule has 0 spiro atoms. The number of Topliss-reactive ketones (excluding diaryl/α,β-unsaturated/α-hetero) is 1. The van der Waals surface area contributed by atoms with Crippen LogP contribution in [-0.2, 0) is 4.79 Å². The molecule has 0 heterocycles. The number of ketones is 1. The molecule has 62 valence electrons. The Morgan fingerprint density at radius 1 is 1.55 bits per heavy atom. The fraction of sp³-hybridized carbons (Fsp3) is 0.875. The van der Waals surface area contributed by atoms with Crippen molar-refractivity contribution in [1.29, 1.82) is 0 Å². The van der Waals surface area contributed by atoms with Gasteiger partial charge in [0, 0.05) is 24.2 Å². The fourth-order valence-electron chi connectivity index (χ4n) is 2.22. The zero-order valence-electron chi connectivity index (χ0n) is 6.36. The van der Waals surface area contributed by atoms with Crippen molar-refractivity contribution in [2.24, 2.45) is 11.3 Å². The average molecular weight is 160 g/mol. The normalized spacial score (nSPS) is 46.8. The molecule has 1 nitrogen and oxygen atoms in total. The first-order valence-corrected chi connectivity index (χ1v) is 3.88. The van der Waals surface area contributed by atoms with Gasteiger partial charge in [0.15, 0.2) is 0 Å². The van der Waals surface area contributed by atoms with Crippen molar-refractivity contribution in [3.8, 4) is 0 Å². The Hall–Kier alpha value is -0.470. The highest BCUT2D eigenvalue weighted by Crippen LogP contribution is 2.71. The summed E-state index contributed by atoms with van der Waals surface area (Å²) in [4.78, 5) is 10.9. The van der Waals surface area contributed by atoms with E-state index >= 15 is 0 Å². The third kappa shape index (κ3) is 0.664. The Labute approximate surface area is 63.8 Å². The molecule has 0 amide bonds. The van der Waals surface area contributed by atoms with E-state index in [2.05, 4.69) is 0 Å². The molecule has 0 radical (unpaired) electrons. The minimum Gasteiger partial charge on any atom is -0.300 e. The lowest BCUT2D eigenvalue weighted by atomic mass is 9.89. The third-order valence-electron chi connectivity index (χ3n) is 3.16. The lowest BCUT2D eigenvalue weighted by Gasteiger charge is -2.12. The summed E-state index contributed by atoms with van der Waals surface area (Å²) >= 11 is 0. The molecule has 3 heteroatoms. The standard InChI is InChI=1S/C8H10F2O/c1-7-4-5(11)2-3-6(7)8(7,9)10/h6H,2-4H2,1H3. The number of carbonyl (C=O) groups is 1. The topological polar surface area (TPSA) is 17.1 Å². The first-order valence-electron chi connectivity index (χ1n) is 3.88. The first-order chi connectivity index (χ1) is 4.98. The maximum atomic E-state index is 12.9. The largest absolute Gasteiger partial charge is 0.300 e. The van der Waals surface area contributed by atoms with Gasteiger partial charge in [0.25, 0.3) is 5.92 Å². The summed E-state index contributed by atoms with van der Waals surface area (Å²) in [6.07, 6.45) is 0.836. The molecule has 2 fully saturated rings. The van der Waals surface area contributed by atoms with E-state index in [9.17, 15) is 13.6 Å². The van der Waals surface area contributed by atoms with Crippen molar-refractivity contribution in [2.75, 3.05) is 0 Å². The van der Waals surface area contributed by atoms with Gasteiger partial charge in [0.2, 0.25) is 0 Å². The summed E-state index contributed by atoms with van der Waals surface area (Å²) in [6, 6.07) is 0. The van der Waals surface area contributed by atoms with E-state index in [0.717, 1.165) is 0 Å². The molecule has 2 unspecified atom stereocenters. The van der Waals surface area contributed by atoms with Gasteiger partial charge >= 0.3 is 0 Å². The fourth-order valence-corrected chi connectivity index (χ4v) is 2.22. The van der Waals surface area contributed by atoms with Crippen molar-refractivity contribution in [3.63, 3.8) is 0 Å². The van der Waals surface area contributed by atoms with Crippen LogP contribution in [0.2, 0.25) is 0 Å². The highest BCUT2D eigenvalue weighted by molar-refractivity contribution is 5.81. The number of fused-ring (bicyclic) bond motifs is 1. The minimum absolute atomic E-state index is 0.000856. The van der Waals surface area contributed by atoms with Crippen LogP contribution < -0.4 is 0 Å². The molecule has 2 aliphatic rings. The Morgan fingerprint density at radius 2 is 2.18 bits per heavy atom. The summed E-state index contributed by atoms with van der Waals surface area (Å²) in [6.45, 7) is 1.52. The van der Waals surface area contributed by atoms with Gasteiger partial charge in [-0.1, -0.05) is 6.92 Å². The van der Waals surface area contributed by atoms with Crippen LogP contribution in [0.3, 0.4) is 0 Å². The van der Waals surface area contributed by atoms with E-state index in [-0.39, 0.29) is 12.2 Å². The summed E-state index contributed by atoms with van der Waals surface area (Å²) in [5, 5.41) is 0. The number of rotatable bonds is 0. The highest BCUT2D eigenvalue weighted by Gasteiger charge is 2.78. The Morgan fingerprint density at radius 3 is 2.64 bits per heavy atom. The van der Waals surface area contributed by atoms with Gasteiger partial charge in [-0.2, -0.15) is 0 Å². The van der Waals surface area contributed by atoms with Crippen molar-refractivity contribution < 1.29 is 13.6 Å². The lowest BCUT2D eigenvalue weighted by Crippen LogP contribution is -2.15. The lowest BCUT2D eigenvalue weighted by molar-refractivity contribution is -0.122. The van der Waals surface area contributed by atoms with Crippen LogP contribution in [0.15, 0.2) is 0 Å². The summed E-state index contributed by atoms with van der Waals surface area (Å²) < 4.78 is 25.8. The van der Waals surface area contributed by atoms with Crippen LogP contribution in [0, 0.1) is 11.3 Å². The molecule has 2 rings (SSSR count). The Balaban J connectivity index is 2.23. The predicted molar refractivity (Wildman–Crippen MR) is 35.4 cm³/mol. The maximum absolute atomic E-state index is 12.9. The van der Waals surface area contributed by atoms with Crippen LogP contribution in [0.4, 0.5) is 8.78 Å². The molecule has 0 bridgehead atoms. The molecular weight excluding hydrogens is 150 g/mol. The molecule has 0 saturated heterocycles. The molecule has 0 aromatic carbocycles. The van der Waals surface area contributed by atoms with Crippen molar-refractivity contribution >= 4 is 5.78 Å². The van der Waals surface area contributed by atoms with Crippen molar-refractivity contribution in [2.45, 2.75) is 32.1 Å². The van der Waals surface area contributed by atoms with Gasteiger partial charge in [-0.15, -0.1) is 0 Å².